The number of aliphatic hydroxyl groups excluding tert-OH is 1. The lowest BCUT2D eigenvalue weighted by atomic mass is 9.97. The molecule has 0 rings (SSSR count). The van der Waals surface area contributed by atoms with Crippen molar-refractivity contribution in [3.63, 3.8) is 0 Å². The third kappa shape index (κ3) is 2.52. The molecule has 4 N–H and O–H groups in total. The normalized spacial score (nSPS) is 14.1. The zero-order valence-electron chi connectivity index (χ0n) is 6.58. The van der Waals surface area contributed by atoms with Crippen LogP contribution in [0.15, 0.2) is 0 Å². The Hall–Kier alpha value is -1.96. The van der Waals surface area contributed by atoms with E-state index in [1.165, 1.54) is 0 Å². The van der Waals surface area contributed by atoms with E-state index in [1.54, 1.807) is 0 Å². The minimum Gasteiger partial charge on any atom is -0.481 e. The molecule has 0 fully saturated rings. The van der Waals surface area contributed by atoms with E-state index in [0.29, 0.717) is 0 Å². The van der Waals surface area contributed by atoms with E-state index in [9.17, 15) is 19.2 Å². The highest BCUT2D eigenvalue weighted by atomic mass is 16.4. The molecule has 0 radical (unpaired) electrons. The van der Waals surface area contributed by atoms with Gasteiger partial charge in [-0.2, -0.15) is 0 Å². The molecule has 0 heterocycles. The Labute approximate surface area is 76.4 Å². The van der Waals surface area contributed by atoms with Gasteiger partial charge in [-0.3, -0.25) is 9.59 Å². The predicted octanol–water partition coefficient (Wildman–Crippen LogP) is -2.21. The predicted molar refractivity (Wildman–Crippen MR) is 37.4 cm³/mol. The molecule has 78 valence electrons. The number of hydrogen-bond donors (Lipinski definition) is 4. The first-order chi connectivity index (χ1) is 6.29. The fourth-order valence-corrected chi connectivity index (χ4v) is 0.666. The Kier molecular flexibility index (Phi) is 3.72. The van der Waals surface area contributed by atoms with Crippen molar-refractivity contribution in [2.75, 3.05) is 0 Å². The summed E-state index contributed by atoms with van der Waals surface area (Å²) in [7, 11) is 0. The van der Waals surface area contributed by atoms with Crippen molar-refractivity contribution in [3.8, 4) is 0 Å². The molecule has 0 saturated heterocycles. The lowest BCUT2D eigenvalue weighted by Gasteiger charge is -2.11. The van der Waals surface area contributed by atoms with Gasteiger partial charge < -0.3 is 20.4 Å². The summed E-state index contributed by atoms with van der Waals surface area (Å²) < 4.78 is 0. The van der Waals surface area contributed by atoms with E-state index < -0.39 is 35.7 Å². The molecule has 0 amide bonds. The highest BCUT2D eigenvalue weighted by Gasteiger charge is 2.41. The van der Waals surface area contributed by atoms with E-state index in [2.05, 4.69) is 0 Å². The minimum absolute atomic E-state index is 1.88. The molecule has 0 aliphatic carbocycles. The summed E-state index contributed by atoms with van der Waals surface area (Å²) in [5, 5.41) is 33.3. The molecule has 8 nitrogen and oxygen atoms in total. The fraction of sp³-hybridized carbons (Fsp3) is 0.333. The lowest BCUT2D eigenvalue weighted by Crippen LogP contribution is -2.42. The van der Waals surface area contributed by atoms with Crippen molar-refractivity contribution >= 4 is 23.7 Å². The first kappa shape index (κ1) is 12.0. The van der Waals surface area contributed by atoms with Gasteiger partial charge in [-0.05, 0) is 0 Å². The zero-order chi connectivity index (χ0) is 11.5. The zero-order valence-corrected chi connectivity index (χ0v) is 6.58. The molecule has 0 spiro atoms. The van der Waals surface area contributed by atoms with Gasteiger partial charge in [-0.15, -0.1) is 0 Å². The number of carbonyl (C=O) groups is 4. The van der Waals surface area contributed by atoms with E-state index in [4.69, 9.17) is 20.4 Å². The number of carboxylic acids is 3. The monoisotopic (exact) mass is 206 g/mol. The second-order valence-electron chi connectivity index (χ2n) is 2.27. The Morgan fingerprint density at radius 2 is 1.29 bits per heavy atom. The van der Waals surface area contributed by atoms with Crippen molar-refractivity contribution in [3.05, 3.63) is 0 Å². The van der Waals surface area contributed by atoms with E-state index in [1.807, 2.05) is 0 Å². The van der Waals surface area contributed by atoms with Crippen molar-refractivity contribution in [2.45, 2.75) is 6.10 Å². The Morgan fingerprint density at radius 1 is 0.857 bits per heavy atom. The number of ketones is 1. The maximum atomic E-state index is 10.6. The van der Waals surface area contributed by atoms with Crippen LogP contribution in [0, 0.1) is 5.92 Å². The molecular weight excluding hydrogens is 200 g/mol. The first-order valence-electron chi connectivity index (χ1n) is 3.19. The highest BCUT2D eigenvalue weighted by molar-refractivity contribution is 6.37. The summed E-state index contributed by atoms with van der Waals surface area (Å²) in [4.78, 5) is 41.1. The highest BCUT2D eigenvalue weighted by Crippen LogP contribution is 2.06. The van der Waals surface area contributed by atoms with Gasteiger partial charge in [-0.1, -0.05) is 0 Å². The first-order valence-corrected chi connectivity index (χ1v) is 3.19. The van der Waals surface area contributed by atoms with Crippen LogP contribution in [0.4, 0.5) is 0 Å². The molecule has 0 aromatic rings. The second-order valence-corrected chi connectivity index (χ2v) is 2.27. The topological polar surface area (TPSA) is 149 Å². The molecule has 0 aliphatic rings. The van der Waals surface area contributed by atoms with Crippen molar-refractivity contribution in [1.29, 1.82) is 0 Å². The Balaban J connectivity index is 4.96. The average molecular weight is 206 g/mol. The average Bonchev–Trinajstić information content (AvgIpc) is 2.03. The summed E-state index contributed by atoms with van der Waals surface area (Å²) in [6.07, 6.45) is -2.57. The van der Waals surface area contributed by atoms with Gasteiger partial charge in [-0.25, -0.2) is 9.59 Å². The van der Waals surface area contributed by atoms with E-state index >= 15 is 0 Å². The molecule has 8 heteroatoms. The summed E-state index contributed by atoms with van der Waals surface area (Å²) in [5.74, 6) is -10.5. The standard InChI is InChI=1S/C6H6O8/c7-2(5(11)12)1(4(9)10)3(8)6(13)14/h1-2,7H,(H,9,10)(H,11,12)(H,13,14). The summed E-state index contributed by atoms with van der Waals surface area (Å²) in [6, 6.07) is 0. The SMILES string of the molecule is O=C(O)C(=O)C(C(=O)O)C(O)C(=O)O. The van der Waals surface area contributed by atoms with Gasteiger partial charge in [0.2, 0.25) is 0 Å². The van der Waals surface area contributed by atoms with Crippen LogP contribution in [0.3, 0.4) is 0 Å². The quantitative estimate of drug-likeness (QED) is 0.292. The van der Waals surface area contributed by atoms with Gasteiger partial charge in [0.05, 0.1) is 0 Å². The van der Waals surface area contributed by atoms with Gasteiger partial charge in [0.25, 0.3) is 5.78 Å². The molecule has 0 aromatic carbocycles. The van der Waals surface area contributed by atoms with Crippen LogP contribution in [-0.2, 0) is 19.2 Å². The van der Waals surface area contributed by atoms with Crippen molar-refractivity contribution in [2.24, 2.45) is 5.92 Å². The molecule has 0 aromatic heterocycles. The van der Waals surface area contributed by atoms with Gasteiger partial charge >= 0.3 is 17.9 Å². The van der Waals surface area contributed by atoms with Crippen LogP contribution < -0.4 is 0 Å². The van der Waals surface area contributed by atoms with Crippen LogP contribution in [0.1, 0.15) is 0 Å². The number of rotatable bonds is 5. The number of carboxylic acid groups (broad SMARTS) is 3. The third-order valence-corrected chi connectivity index (χ3v) is 1.33. The van der Waals surface area contributed by atoms with E-state index in [-0.39, 0.29) is 0 Å². The van der Waals surface area contributed by atoms with Gasteiger partial charge in [0.1, 0.15) is 0 Å². The number of aliphatic carboxylic acids is 3. The van der Waals surface area contributed by atoms with Gasteiger partial charge in [0.15, 0.2) is 12.0 Å². The Bertz CT molecular complexity index is 292. The maximum absolute atomic E-state index is 10.6. The molecular formula is C6H6O8. The molecule has 2 unspecified atom stereocenters. The number of Topliss-reactive ketones (excluding diaryl/α,β-unsaturated/α-hetero) is 1. The number of carbonyl (C=O) groups excluding carboxylic acids is 1. The summed E-state index contributed by atoms with van der Waals surface area (Å²) in [5.41, 5.74) is 0. The largest absolute Gasteiger partial charge is 0.481 e. The summed E-state index contributed by atoms with van der Waals surface area (Å²) in [6.45, 7) is 0. The smallest absolute Gasteiger partial charge is 0.373 e. The minimum atomic E-state index is -2.57. The number of aliphatic hydroxyl groups is 1. The summed E-state index contributed by atoms with van der Waals surface area (Å²) >= 11 is 0. The Morgan fingerprint density at radius 3 is 1.50 bits per heavy atom. The molecule has 0 aliphatic heterocycles. The van der Waals surface area contributed by atoms with Crippen molar-refractivity contribution < 1.29 is 39.6 Å². The van der Waals surface area contributed by atoms with Crippen LogP contribution in [-0.4, -0.2) is 50.2 Å². The molecule has 0 saturated carbocycles. The lowest BCUT2D eigenvalue weighted by molar-refractivity contribution is -0.167. The van der Waals surface area contributed by atoms with Crippen molar-refractivity contribution in [1.82, 2.24) is 0 Å². The fourth-order valence-electron chi connectivity index (χ4n) is 0.666. The number of hydrogen-bond acceptors (Lipinski definition) is 5. The molecule has 14 heavy (non-hydrogen) atoms. The van der Waals surface area contributed by atoms with Gasteiger partial charge in [0, 0.05) is 0 Å². The van der Waals surface area contributed by atoms with E-state index in [0.717, 1.165) is 0 Å². The van der Waals surface area contributed by atoms with Crippen LogP contribution in [0.5, 0.6) is 0 Å². The van der Waals surface area contributed by atoms with Crippen LogP contribution in [0.25, 0.3) is 0 Å². The molecule has 2 atom stereocenters. The van der Waals surface area contributed by atoms with Crippen LogP contribution in [0.2, 0.25) is 0 Å². The van der Waals surface area contributed by atoms with Crippen LogP contribution >= 0.6 is 0 Å². The second kappa shape index (κ2) is 4.33. The third-order valence-electron chi connectivity index (χ3n) is 1.33. The maximum Gasteiger partial charge on any atom is 0.373 e. The molecule has 0 bridgehead atoms.